The maximum atomic E-state index is 11.8. The first-order valence-electron chi connectivity index (χ1n) is 13.7. The highest BCUT2D eigenvalue weighted by atomic mass is 35.5. The van der Waals surface area contributed by atoms with E-state index in [-0.39, 0.29) is 5.78 Å². The molecule has 2 aliphatic heterocycles. The van der Waals surface area contributed by atoms with Crippen LogP contribution in [0.2, 0.25) is 10.0 Å². The van der Waals surface area contributed by atoms with Gasteiger partial charge in [0.1, 0.15) is 17.9 Å². The number of nitriles is 2. The summed E-state index contributed by atoms with van der Waals surface area (Å²) in [6.45, 7) is 11.3. The number of hydrogen-bond donors (Lipinski definition) is 1. The molecule has 0 bridgehead atoms. The number of aliphatic hydroxyl groups excluding tert-OH is 1. The average molecular weight is 588 g/mol. The van der Waals surface area contributed by atoms with Crippen LogP contribution in [0.15, 0.2) is 12.1 Å². The molecule has 0 aliphatic carbocycles. The van der Waals surface area contributed by atoms with Crippen molar-refractivity contribution >= 4 is 40.4 Å². The molecule has 2 aromatic rings. The van der Waals surface area contributed by atoms with Crippen LogP contribution in [0.3, 0.4) is 0 Å². The zero-order valence-electron chi connectivity index (χ0n) is 23.5. The number of halogens is 2. The minimum absolute atomic E-state index is 0.111. The Balaban J connectivity index is 0.000000220. The zero-order chi connectivity index (χ0) is 29.4. The van der Waals surface area contributed by atoms with Crippen molar-refractivity contribution in [2.45, 2.75) is 59.5 Å². The Morgan fingerprint density at radius 3 is 1.73 bits per heavy atom. The van der Waals surface area contributed by atoms with Crippen LogP contribution in [0.4, 0.5) is 11.4 Å². The van der Waals surface area contributed by atoms with Crippen molar-refractivity contribution in [1.82, 2.24) is 0 Å². The van der Waals surface area contributed by atoms with Gasteiger partial charge in [-0.2, -0.15) is 10.5 Å². The van der Waals surface area contributed by atoms with Crippen LogP contribution in [-0.2, 0) is 0 Å². The normalized spacial score (nSPS) is 15.1. The summed E-state index contributed by atoms with van der Waals surface area (Å²) in [5.74, 6) is 0.966. The third-order valence-electron chi connectivity index (χ3n) is 6.92. The van der Waals surface area contributed by atoms with E-state index in [1.54, 1.807) is 13.0 Å². The lowest BCUT2D eigenvalue weighted by molar-refractivity contribution is 0.101. The van der Waals surface area contributed by atoms with Gasteiger partial charge in [-0.05, 0) is 65.5 Å². The largest absolute Gasteiger partial charge is 0.491 e. The van der Waals surface area contributed by atoms with Crippen molar-refractivity contribution in [3.8, 4) is 23.6 Å². The number of anilines is 2. The second-order valence-corrected chi connectivity index (χ2v) is 10.5. The van der Waals surface area contributed by atoms with Gasteiger partial charge in [-0.3, -0.25) is 4.79 Å². The minimum atomic E-state index is -0.692. The molecule has 4 rings (SSSR count). The van der Waals surface area contributed by atoms with Crippen LogP contribution < -0.4 is 19.3 Å². The maximum absolute atomic E-state index is 11.8. The molecule has 2 fully saturated rings. The highest BCUT2D eigenvalue weighted by Crippen LogP contribution is 2.44. The lowest BCUT2D eigenvalue weighted by Crippen LogP contribution is -2.21. The maximum Gasteiger partial charge on any atom is 0.163 e. The number of Topliss-reactive ketones (excluding diaryl/α,β-unsaturated/α-hetero) is 1. The number of rotatable bonds is 8. The van der Waals surface area contributed by atoms with E-state index in [4.69, 9.17) is 32.7 Å². The van der Waals surface area contributed by atoms with Gasteiger partial charge in [0, 0.05) is 31.7 Å². The molecular formula is C30H36Cl2N4O4. The Bertz CT molecular complexity index is 1300. The fourth-order valence-electron chi connectivity index (χ4n) is 5.11. The predicted octanol–water partition coefficient (Wildman–Crippen LogP) is 6.68. The van der Waals surface area contributed by atoms with E-state index in [1.807, 2.05) is 13.8 Å². The van der Waals surface area contributed by atoms with E-state index in [0.29, 0.717) is 62.7 Å². The monoisotopic (exact) mass is 586 g/mol. The van der Waals surface area contributed by atoms with Gasteiger partial charge in [-0.25, -0.2) is 0 Å². The highest BCUT2D eigenvalue weighted by molar-refractivity contribution is 6.33. The smallest absolute Gasteiger partial charge is 0.163 e. The van der Waals surface area contributed by atoms with Gasteiger partial charge in [0.05, 0.1) is 57.4 Å². The molecule has 0 radical (unpaired) electrons. The SMILES string of the molecule is CCOc1c(C(C)=O)cc(Cl)c(C#N)c1N1CCCC1.CCOc1c(C(C)O)cc(Cl)c(C#N)c1N1CCCC1. The van der Waals surface area contributed by atoms with Crippen molar-refractivity contribution in [2.24, 2.45) is 0 Å². The van der Waals surface area contributed by atoms with E-state index in [9.17, 15) is 20.4 Å². The van der Waals surface area contributed by atoms with E-state index < -0.39 is 6.10 Å². The van der Waals surface area contributed by atoms with Gasteiger partial charge < -0.3 is 24.4 Å². The van der Waals surface area contributed by atoms with Gasteiger partial charge in [-0.1, -0.05) is 23.2 Å². The Labute approximate surface area is 246 Å². The summed E-state index contributed by atoms with van der Waals surface area (Å²) in [4.78, 5) is 16.0. The molecule has 10 heteroatoms. The van der Waals surface area contributed by atoms with Gasteiger partial charge in [-0.15, -0.1) is 0 Å². The second kappa shape index (κ2) is 14.5. The summed E-state index contributed by atoms with van der Waals surface area (Å²) in [6.07, 6.45) is 3.62. The Kier molecular flexibility index (Phi) is 11.3. The molecule has 1 N–H and O–H groups in total. The highest BCUT2D eigenvalue weighted by Gasteiger charge is 2.28. The number of benzene rings is 2. The van der Waals surface area contributed by atoms with Crippen molar-refractivity contribution in [3.63, 3.8) is 0 Å². The van der Waals surface area contributed by atoms with Gasteiger partial charge >= 0.3 is 0 Å². The molecule has 0 saturated carbocycles. The number of carbonyl (C=O) groups excluding carboxylic acids is 1. The van der Waals surface area contributed by atoms with Crippen LogP contribution in [0, 0.1) is 22.7 Å². The van der Waals surface area contributed by atoms with Crippen LogP contribution in [0.1, 0.15) is 86.5 Å². The number of carbonyl (C=O) groups is 1. The predicted molar refractivity (Wildman–Crippen MR) is 158 cm³/mol. The number of nitrogens with zero attached hydrogens (tertiary/aromatic N) is 4. The molecule has 0 aromatic heterocycles. The third-order valence-corrected chi connectivity index (χ3v) is 7.51. The van der Waals surface area contributed by atoms with Gasteiger partial charge in [0.2, 0.25) is 0 Å². The summed E-state index contributed by atoms with van der Waals surface area (Å²) in [7, 11) is 0. The van der Waals surface area contributed by atoms with Crippen LogP contribution in [-0.4, -0.2) is 50.3 Å². The molecule has 2 aromatic carbocycles. The van der Waals surface area contributed by atoms with Crippen molar-refractivity contribution in [3.05, 3.63) is 44.4 Å². The summed E-state index contributed by atoms with van der Waals surface area (Å²) in [6, 6.07) is 7.48. The summed E-state index contributed by atoms with van der Waals surface area (Å²) in [5.41, 5.74) is 3.30. The van der Waals surface area contributed by atoms with Crippen LogP contribution in [0.25, 0.3) is 0 Å². The zero-order valence-corrected chi connectivity index (χ0v) is 25.0. The Morgan fingerprint density at radius 1 is 0.900 bits per heavy atom. The molecule has 2 heterocycles. The molecule has 40 heavy (non-hydrogen) atoms. The quantitative estimate of drug-likeness (QED) is 0.341. The van der Waals surface area contributed by atoms with Gasteiger partial charge in [0.15, 0.2) is 11.5 Å². The minimum Gasteiger partial charge on any atom is -0.491 e. The molecule has 0 amide bonds. The number of hydrogen-bond acceptors (Lipinski definition) is 8. The average Bonchev–Trinajstić information content (AvgIpc) is 3.65. The lowest BCUT2D eigenvalue weighted by Gasteiger charge is -2.26. The summed E-state index contributed by atoms with van der Waals surface area (Å²) < 4.78 is 11.4. The van der Waals surface area contributed by atoms with Gasteiger partial charge in [0.25, 0.3) is 0 Å². The van der Waals surface area contributed by atoms with Crippen molar-refractivity contribution < 1.29 is 19.4 Å². The molecular weight excluding hydrogens is 551 g/mol. The van der Waals surface area contributed by atoms with Crippen LogP contribution >= 0.6 is 23.2 Å². The number of ketones is 1. The van der Waals surface area contributed by atoms with E-state index in [0.717, 1.165) is 57.5 Å². The van der Waals surface area contributed by atoms with Crippen molar-refractivity contribution in [1.29, 1.82) is 10.5 Å². The second-order valence-electron chi connectivity index (χ2n) is 9.67. The molecule has 2 aliphatic rings. The van der Waals surface area contributed by atoms with E-state index in [1.165, 1.54) is 13.0 Å². The third kappa shape index (κ3) is 6.75. The summed E-state index contributed by atoms with van der Waals surface area (Å²) >= 11 is 12.4. The number of ether oxygens (including phenoxy) is 2. The van der Waals surface area contributed by atoms with Crippen molar-refractivity contribution in [2.75, 3.05) is 49.2 Å². The van der Waals surface area contributed by atoms with E-state index >= 15 is 0 Å². The van der Waals surface area contributed by atoms with Crippen LogP contribution in [0.5, 0.6) is 11.5 Å². The first-order valence-corrected chi connectivity index (χ1v) is 14.4. The molecule has 214 valence electrons. The Hall–Kier alpha value is -3.17. The molecule has 0 spiro atoms. The lowest BCUT2D eigenvalue weighted by atomic mass is 10.0. The number of aliphatic hydroxyl groups is 1. The fourth-order valence-corrected chi connectivity index (χ4v) is 5.60. The first-order chi connectivity index (χ1) is 19.2. The standard InChI is InChI=1S/C15H19ClN2O2.C15H17ClN2O2/c2*1-3-20-15-11(10(2)19)8-13(16)12(9-17)14(15)18-6-4-5-7-18/h8,10,19H,3-7H2,1-2H3;8H,3-7H2,1-2H3. The topological polar surface area (TPSA) is 110 Å². The molecule has 2 saturated heterocycles. The Morgan fingerprint density at radius 2 is 1.32 bits per heavy atom. The fraction of sp³-hybridized carbons (Fsp3) is 0.500. The van der Waals surface area contributed by atoms with E-state index in [2.05, 4.69) is 21.9 Å². The molecule has 1 atom stereocenters. The summed E-state index contributed by atoms with van der Waals surface area (Å²) in [5, 5.41) is 29.4. The molecule has 8 nitrogen and oxygen atoms in total. The first kappa shape index (κ1) is 31.4. The molecule has 1 unspecified atom stereocenters.